The molecule has 1 fully saturated rings. The van der Waals surface area contributed by atoms with Gasteiger partial charge < -0.3 is 21.1 Å². The maximum Gasteiger partial charge on any atom is 0.248 e. The SMILES string of the molecule is Cl.NC(=O)c1cccc(OCCC(=O)NCC2CNC2)c1. The average Bonchev–Trinajstić information content (AvgIpc) is 2.37. The second kappa shape index (κ2) is 8.49. The Labute approximate surface area is 129 Å². The van der Waals surface area contributed by atoms with Crippen molar-refractivity contribution in [3.8, 4) is 5.75 Å². The summed E-state index contributed by atoms with van der Waals surface area (Å²) in [5.41, 5.74) is 5.58. The molecule has 0 atom stereocenters. The molecular formula is C14H20ClN3O3. The van der Waals surface area contributed by atoms with Gasteiger partial charge in [-0.25, -0.2) is 0 Å². The van der Waals surface area contributed by atoms with Gasteiger partial charge in [0.2, 0.25) is 11.8 Å². The number of carbonyl (C=O) groups is 2. The van der Waals surface area contributed by atoms with E-state index in [1.165, 1.54) is 0 Å². The van der Waals surface area contributed by atoms with Crippen molar-refractivity contribution in [3.05, 3.63) is 29.8 Å². The highest BCUT2D eigenvalue weighted by Gasteiger charge is 2.16. The van der Waals surface area contributed by atoms with Crippen molar-refractivity contribution in [1.29, 1.82) is 0 Å². The predicted octanol–water partition coefficient (Wildman–Crippen LogP) is 0.312. The minimum atomic E-state index is -0.498. The van der Waals surface area contributed by atoms with Crippen molar-refractivity contribution >= 4 is 24.2 Å². The van der Waals surface area contributed by atoms with Gasteiger partial charge in [-0.05, 0) is 18.2 Å². The van der Waals surface area contributed by atoms with Gasteiger partial charge in [-0.15, -0.1) is 12.4 Å². The van der Waals surface area contributed by atoms with Crippen LogP contribution in [0.3, 0.4) is 0 Å². The van der Waals surface area contributed by atoms with E-state index >= 15 is 0 Å². The van der Waals surface area contributed by atoms with Gasteiger partial charge in [-0.2, -0.15) is 0 Å². The van der Waals surface area contributed by atoms with Gasteiger partial charge in [0, 0.05) is 31.1 Å². The van der Waals surface area contributed by atoms with Gasteiger partial charge in [0.05, 0.1) is 13.0 Å². The number of carbonyl (C=O) groups excluding carboxylic acids is 2. The molecule has 1 aliphatic rings. The monoisotopic (exact) mass is 313 g/mol. The molecule has 2 amide bonds. The summed E-state index contributed by atoms with van der Waals surface area (Å²) in [6.45, 7) is 2.92. The van der Waals surface area contributed by atoms with Gasteiger partial charge in [0.25, 0.3) is 0 Å². The lowest BCUT2D eigenvalue weighted by Gasteiger charge is -2.27. The molecule has 1 saturated heterocycles. The maximum atomic E-state index is 11.6. The molecule has 2 rings (SSSR count). The number of nitrogens with one attached hydrogen (secondary N) is 2. The Hall–Kier alpha value is -1.79. The number of hydrogen-bond donors (Lipinski definition) is 3. The van der Waals surface area contributed by atoms with E-state index in [0.29, 0.717) is 30.2 Å². The van der Waals surface area contributed by atoms with Gasteiger partial charge in [0.15, 0.2) is 0 Å². The van der Waals surface area contributed by atoms with Gasteiger partial charge in [0.1, 0.15) is 5.75 Å². The van der Waals surface area contributed by atoms with Crippen molar-refractivity contribution in [2.24, 2.45) is 11.7 Å². The van der Waals surface area contributed by atoms with Crippen LogP contribution in [-0.2, 0) is 4.79 Å². The summed E-state index contributed by atoms with van der Waals surface area (Å²) in [7, 11) is 0. The number of primary amides is 1. The molecule has 1 aliphatic heterocycles. The standard InChI is InChI=1S/C14H19N3O3.ClH/c15-14(19)11-2-1-3-12(6-11)20-5-4-13(18)17-9-10-7-16-8-10;/h1-3,6,10,16H,4-5,7-9H2,(H2,15,19)(H,17,18);1H. The fourth-order valence-electron chi connectivity index (χ4n) is 1.84. The average molecular weight is 314 g/mol. The molecule has 1 heterocycles. The zero-order valence-corrected chi connectivity index (χ0v) is 12.4. The molecule has 0 aliphatic carbocycles. The molecule has 0 bridgehead atoms. The van der Waals surface area contributed by atoms with Crippen LogP contribution >= 0.6 is 12.4 Å². The lowest BCUT2D eigenvalue weighted by atomic mass is 10.0. The fourth-order valence-corrected chi connectivity index (χ4v) is 1.84. The maximum absolute atomic E-state index is 11.6. The highest BCUT2D eigenvalue weighted by Crippen LogP contribution is 2.13. The number of halogens is 1. The summed E-state index contributed by atoms with van der Waals surface area (Å²) in [5.74, 6) is 0.565. The summed E-state index contributed by atoms with van der Waals surface area (Å²) in [5, 5.41) is 6.02. The van der Waals surface area contributed by atoms with Crippen LogP contribution in [0.5, 0.6) is 5.75 Å². The van der Waals surface area contributed by atoms with Crippen LogP contribution in [-0.4, -0.2) is 38.1 Å². The smallest absolute Gasteiger partial charge is 0.248 e. The van der Waals surface area contributed by atoms with Crippen LogP contribution in [0, 0.1) is 5.92 Å². The van der Waals surface area contributed by atoms with E-state index < -0.39 is 5.91 Å². The van der Waals surface area contributed by atoms with Crippen LogP contribution in [0.1, 0.15) is 16.8 Å². The van der Waals surface area contributed by atoms with E-state index in [2.05, 4.69) is 10.6 Å². The number of nitrogens with two attached hydrogens (primary N) is 1. The fraction of sp³-hybridized carbons (Fsp3) is 0.429. The van der Waals surface area contributed by atoms with E-state index in [9.17, 15) is 9.59 Å². The van der Waals surface area contributed by atoms with E-state index in [1.807, 2.05) is 0 Å². The number of hydrogen-bond acceptors (Lipinski definition) is 4. The summed E-state index contributed by atoms with van der Waals surface area (Å²) in [4.78, 5) is 22.6. The van der Waals surface area contributed by atoms with Crippen LogP contribution in [0.2, 0.25) is 0 Å². The second-order valence-electron chi connectivity index (χ2n) is 4.82. The molecule has 1 aromatic rings. The van der Waals surface area contributed by atoms with Crippen molar-refractivity contribution in [2.75, 3.05) is 26.2 Å². The minimum absolute atomic E-state index is 0. The molecule has 1 aromatic carbocycles. The van der Waals surface area contributed by atoms with Crippen molar-refractivity contribution in [2.45, 2.75) is 6.42 Å². The van der Waals surface area contributed by atoms with Crippen molar-refractivity contribution in [3.63, 3.8) is 0 Å². The molecule has 7 heteroatoms. The molecule has 0 unspecified atom stereocenters. The van der Waals surface area contributed by atoms with Gasteiger partial charge >= 0.3 is 0 Å². The van der Waals surface area contributed by atoms with Crippen LogP contribution in [0.15, 0.2) is 24.3 Å². The highest BCUT2D eigenvalue weighted by molar-refractivity contribution is 5.93. The highest BCUT2D eigenvalue weighted by atomic mass is 35.5. The van der Waals surface area contributed by atoms with E-state index in [4.69, 9.17) is 10.5 Å². The Morgan fingerprint density at radius 2 is 2.14 bits per heavy atom. The summed E-state index contributed by atoms with van der Waals surface area (Å²) in [6, 6.07) is 6.61. The summed E-state index contributed by atoms with van der Waals surface area (Å²) < 4.78 is 5.43. The minimum Gasteiger partial charge on any atom is -0.493 e. The normalized spacial score (nSPS) is 13.7. The molecule has 0 saturated carbocycles. The Kier molecular flexibility index (Phi) is 6.98. The number of amides is 2. The summed E-state index contributed by atoms with van der Waals surface area (Å²) in [6.07, 6.45) is 0.293. The first-order valence-electron chi connectivity index (χ1n) is 6.65. The summed E-state index contributed by atoms with van der Waals surface area (Å²) >= 11 is 0. The zero-order chi connectivity index (χ0) is 14.4. The topological polar surface area (TPSA) is 93.5 Å². The molecular weight excluding hydrogens is 294 g/mol. The lowest BCUT2D eigenvalue weighted by molar-refractivity contribution is -0.121. The number of rotatable bonds is 7. The Balaban J connectivity index is 0.00000220. The van der Waals surface area contributed by atoms with Crippen LogP contribution in [0.25, 0.3) is 0 Å². The molecule has 116 valence electrons. The Morgan fingerprint density at radius 3 is 2.76 bits per heavy atom. The first kappa shape index (κ1) is 17.3. The first-order chi connectivity index (χ1) is 9.65. The predicted molar refractivity (Wildman–Crippen MR) is 81.7 cm³/mol. The molecule has 0 aromatic heterocycles. The molecule has 21 heavy (non-hydrogen) atoms. The number of ether oxygens (including phenoxy) is 1. The van der Waals surface area contributed by atoms with E-state index in [-0.39, 0.29) is 24.9 Å². The van der Waals surface area contributed by atoms with E-state index in [1.54, 1.807) is 24.3 Å². The third-order valence-electron chi connectivity index (χ3n) is 3.17. The van der Waals surface area contributed by atoms with Gasteiger partial charge in [-0.3, -0.25) is 9.59 Å². The molecule has 4 N–H and O–H groups in total. The third-order valence-corrected chi connectivity index (χ3v) is 3.17. The lowest BCUT2D eigenvalue weighted by Crippen LogP contribution is -2.48. The quantitative estimate of drug-likeness (QED) is 0.675. The third kappa shape index (κ3) is 5.61. The largest absolute Gasteiger partial charge is 0.493 e. The molecule has 0 spiro atoms. The van der Waals surface area contributed by atoms with Crippen LogP contribution < -0.4 is 21.1 Å². The Morgan fingerprint density at radius 1 is 1.38 bits per heavy atom. The second-order valence-corrected chi connectivity index (χ2v) is 4.82. The number of benzene rings is 1. The molecule has 6 nitrogen and oxygen atoms in total. The Bertz CT molecular complexity index is 492. The van der Waals surface area contributed by atoms with Crippen molar-refractivity contribution in [1.82, 2.24) is 10.6 Å². The van der Waals surface area contributed by atoms with Gasteiger partial charge in [-0.1, -0.05) is 6.07 Å². The first-order valence-corrected chi connectivity index (χ1v) is 6.65. The molecule has 0 radical (unpaired) electrons. The van der Waals surface area contributed by atoms with Crippen LogP contribution in [0.4, 0.5) is 0 Å². The van der Waals surface area contributed by atoms with E-state index in [0.717, 1.165) is 13.1 Å². The zero-order valence-electron chi connectivity index (χ0n) is 11.6. The van der Waals surface area contributed by atoms with Crippen molar-refractivity contribution < 1.29 is 14.3 Å².